The molecule has 1 aliphatic carbocycles. The van der Waals surface area contributed by atoms with Gasteiger partial charge in [0.15, 0.2) is 0 Å². The predicted molar refractivity (Wildman–Crippen MR) is 148 cm³/mol. The van der Waals surface area contributed by atoms with E-state index in [9.17, 15) is 24.2 Å². The zero-order chi connectivity index (χ0) is 27.4. The van der Waals surface area contributed by atoms with E-state index in [0.29, 0.717) is 22.7 Å². The first kappa shape index (κ1) is 29.0. The van der Waals surface area contributed by atoms with Gasteiger partial charge in [-0.15, -0.1) is 11.8 Å². The minimum Gasteiger partial charge on any atom is -0.480 e. The maximum absolute atomic E-state index is 14.4. The molecule has 0 bridgehead atoms. The third-order valence-corrected chi connectivity index (χ3v) is 7.75. The van der Waals surface area contributed by atoms with Crippen molar-refractivity contribution in [3.05, 3.63) is 53.3 Å². The van der Waals surface area contributed by atoms with Gasteiger partial charge in [0.25, 0.3) is 0 Å². The molecule has 1 fully saturated rings. The summed E-state index contributed by atoms with van der Waals surface area (Å²) in [6, 6.07) is 10.6. The average molecular weight is 531 g/mol. The summed E-state index contributed by atoms with van der Waals surface area (Å²) in [6.07, 6.45) is 5.22. The van der Waals surface area contributed by atoms with Gasteiger partial charge in [-0.05, 0) is 82.9 Å². The van der Waals surface area contributed by atoms with Gasteiger partial charge in [-0.1, -0.05) is 31.4 Å². The highest BCUT2D eigenvalue weighted by atomic mass is 32.2. The number of carbonyl (C=O) groups is 2. The molecular formula is C29H39FN2O4S. The maximum atomic E-state index is 14.4. The fraction of sp³-hybridized carbons (Fsp3) is 0.517. The van der Waals surface area contributed by atoms with Crippen molar-refractivity contribution in [1.82, 2.24) is 0 Å². The molecule has 3 N–H and O–H groups in total. The van der Waals surface area contributed by atoms with Gasteiger partial charge < -0.3 is 20.4 Å². The van der Waals surface area contributed by atoms with E-state index in [-0.39, 0.29) is 18.4 Å². The van der Waals surface area contributed by atoms with Gasteiger partial charge in [0.05, 0.1) is 23.4 Å². The highest BCUT2D eigenvalue weighted by molar-refractivity contribution is 8.01. The molecule has 1 amide bonds. The Kier molecular flexibility index (Phi) is 9.29. The van der Waals surface area contributed by atoms with Crippen molar-refractivity contribution >= 4 is 35.0 Å². The van der Waals surface area contributed by atoms with Crippen molar-refractivity contribution in [2.45, 2.75) is 94.4 Å². The molecule has 1 aliphatic rings. The SMILES string of the molecule is Cc1ccc(CC(=O)Nc2cc(SC(C)(C)C(=O)O)ccc2N(CC(C)(C)O)C2CCCCC2)c(F)c1. The summed E-state index contributed by atoms with van der Waals surface area (Å²) in [5.41, 5.74) is 1.41. The fourth-order valence-electron chi connectivity index (χ4n) is 4.65. The lowest BCUT2D eigenvalue weighted by atomic mass is 9.92. The monoisotopic (exact) mass is 530 g/mol. The predicted octanol–water partition coefficient (Wildman–Crippen LogP) is 6.18. The first-order valence-corrected chi connectivity index (χ1v) is 13.7. The molecule has 6 nitrogen and oxygen atoms in total. The van der Waals surface area contributed by atoms with E-state index in [0.717, 1.165) is 36.9 Å². The summed E-state index contributed by atoms with van der Waals surface area (Å²) in [5.74, 6) is -1.72. The molecule has 0 spiro atoms. The number of hydrogen-bond acceptors (Lipinski definition) is 5. The summed E-state index contributed by atoms with van der Waals surface area (Å²) < 4.78 is 13.4. The Morgan fingerprint density at radius 1 is 1.08 bits per heavy atom. The lowest BCUT2D eigenvalue weighted by Gasteiger charge is -2.40. The van der Waals surface area contributed by atoms with Crippen molar-refractivity contribution in [2.75, 3.05) is 16.8 Å². The second kappa shape index (κ2) is 11.9. The van der Waals surface area contributed by atoms with Crippen molar-refractivity contribution in [2.24, 2.45) is 0 Å². The number of nitrogens with zero attached hydrogens (tertiary/aromatic N) is 1. The normalized spacial score (nSPS) is 14.9. The van der Waals surface area contributed by atoms with Crippen LogP contribution in [0.4, 0.5) is 15.8 Å². The third-order valence-electron chi connectivity index (χ3n) is 6.57. The Balaban J connectivity index is 1.99. The van der Waals surface area contributed by atoms with Crippen molar-refractivity contribution in [3.8, 4) is 0 Å². The molecule has 1 saturated carbocycles. The van der Waals surface area contributed by atoms with Crippen LogP contribution < -0.4 is 10.2 Å². The average Bonchev–Trinajstić information content (AvgIpc) is 2.79. The Morgan fingerprint density at radius 3 is 2.35 bits per heavy atom. The molecule has 202 valence electrons. The number of aliphatic hydroxyl groups is 1. The standard InChI is InChI=1S/C29H39FN2O4S/c1-19-11-12-20(23(30)15-19)16-26(33)31-24-17-22(37-29(4,5)27(34)35)13-14-25(24)32(18-28(2,3)36)21-9-7-6-8-10-21/h11-15,17,21,36H,6-10,16,18H2,1-5H3,(H,31,33)(H,34,35). The first-order chi connectivity index (χ1) is 17.2. The lowest BCUT2D eigenvalue weighted by Crippen LogP contribution is -2.46. The van der Waals surface area contributed by atoms with Crippen LogP contribution >= 0.6 is 11.8 Å². The molecule has 2 aromatic rings. The second-order valence-electron chi connectivity index (χ2n) is 11.1. The molecule has 0 unspecified atom stereocenters. The largest absolute Gasteiger partial charge is 0.480 e. The Bertz CT molecular complexity index is 1120. The van der Waals surface area contributed by atoms with Crippen LogP contribution in [0.15, 0.2) is 41.3 Å². The van der Waals surface area contributed by atoms with Crippen LogP contribution in [0, 0.1) is 12.7 Å². The zero-order valence-corrected chi connectivity index (χ0v) is 23.3. The number of carboxylic acids is 1. The number of thioether (sulfide) groups is 1. The van der Waals surface area contributed by atoms with E-state index in [4.69, 9.17) is 0 Å². The summed E-state index contributed by atoms with van der Waals surface area (Å²) in [7, 11) is 0. The van der Waals surface area contributed by atoms with Gasteiger partial charge in [-0.3, -0.25) is 9.59 Å². The quantitative estimate of drug-likeness (QED) is 0.318. The molecule has 0 atom stereocenters. The van der Waals surface area contributed by atoms with Gasteiger partial charge in [0, 0.05) is 17.5 Å². The van der Waals surface area contributed by atoms with Gasteiger partial charge in [-0.25, -0.2) is 4.39 Å². The van der Waals surface area contributed by atoms with Gasteiger partial charge in [-0.2, -0.15) is 0 Å². The summed E-state index contributed by atoms with van der Waals surface area (Å²) in [4.78, 5) is 27.7. The number of amides is 1. The Labute approximate surface area is 223 Å². The van der Waals surface area contributed by atoms with E-state index >= 15 is 0 Å². The minimum absolute atomic E-state index is 0.127. The number of benzene rings is 2. The highest BCUT2D eigenvalue weighted by Crippen LogP contribution is 2.39. The number of aliphatic carboxylic acids is 1. The number of anilines is 2. The summed E-state index contributed by atoms with van der Waals surface area (Å²) >= 11 is 1.19. The molecule has 2 aromatic carbocycles. The lowest BCUT2D eigenvalue weighted by molar-refractivity contribution is -0.138. The van der Waals surface area contributed by atoms with Crippen LogP contribution in [0.1, 0.15) is 70.9 Å². The Hall–Kier alpha value is -2.58. The zero-order valence-electron chi connectivity index (χ0n) is 22.4. The fourth-order valence-corrected chi connectivity index (χ4v) is 5.64. The summed E-state index contributed by atoms with van der Waals surface area (Å²) in [5, 5.41) is 23.3. The van der Waals surface area contributed by atoms with Crippen LogP contribution in [0.2, 0.25) is 0 Å². The van der Waals surface area contributed by atoms with Crippen molar-refractivity contribution in [3.63, 3.8) is 0 Å². The number of carboxylic acid groups (broad SMARTS) is 1. The molecule has 3 rings (SSSR count). The van der Waals surface area contributed by atoms with Gasteiger partial charge in [0.1, 0.15) is 10.6 Å². The molecule has 37 heavy (non-hydrogen) atoms. The van der Waals surface area contributed by atoms with Crippen LogP contribution in [-0.2, 0) is 16.0 Å². The number of carbonyl (C=O) groups excluding carboxylic acids is 1. The minimum atomic E-state index is -1.07. The molecule has 0 heterocycles. The van der Waals surface area contributed by atoms with Crippen LogP contribution in [-0.4, -0.2) is 45.0 Å². The topological polar surface area (TPSA) is 89.9 Å². The van der Waals surface area contributed by atoms with E-state index in [1.807, 2.05) is 12.1 Å². The van der Waals surface area contributed by atoms with E-state index in [2.05, 4.69) is 10.2 Å². The molecule has 0 aromatic heterocycles. The van der Waals surface area contributed by atoms with Gasteiger partial charge in [0.2, 0.25) is 5.91 Å². The number of nitrogens with one attached hydrogen (secondary N) is 1. The van der Waals surface area contributed by atoms with Crippen LogP contribution in [0.25, 0.3) is 0 Å². The smallest absolute Gasteiger partial charge is 0.319 e. The first-order valence-electron chi connectivity index (χ1n) is 12.9. The van der Waals surface area contributed by atoms with Crippen LogP contribution in [0.3, 0.4) is 0 Å². The van der Waals surface area contributed by atoms with Gasteiger partial charge >= 0.3 is 5.97 Å². The molecular weight excluding hydrogens is 491 g/mol. The number of aryl methyl sites for hydroxylation is 1. The molecule has 8 heteroatoms. The molecule has 0 aliphatic heterocycles. The third kappa shape index (κ3) is 8.20. The van der Waals surface area contributed by atoms with Crippen LogP contribution in [0.5, 0.6) is 0 Å². The molecule has 0 saturated heterocycles. The van der Waals surface area contributed by atoms with Crippen molar-refractivity contribution < 1.29 is 24.2 Å². The number of rotatable bonds is 10. The van der Waals surface area contributed by atoms with E-state index in [1.165, 1.54) is 24.2 Å². The Morgan fingerprint density at radius 2 is 1.76 bits per heavy atom. The maximum Gasteiger partial charge on any atom is 0.319 e. The van der Waals surface area contributed by atoms with Crippen molar-refractivity contribution in [1.29, 1.82) is 0 Å². The van der Waals surface area contributed by atoms with E-state index in [1.54, 1.807) is 52.8 Å². The van der Waals surface area contributed by atoms with E-state index < -0.39 is 22.1 Å². The highest BCUT2D eigenvalue weighted by Gasteiger charge is 2.31. The summed E-state index contributed by atoms with van der Waals surface area (Å²) in [6.45, 7) is 8.97. The molecule has 0 radical (unpaired) electrons. The number of hydrogen-bond donors (Lipinski definition) is 3. The second-order valence-corrected chi connectivity index (χ2v) is 12.8. The number of halogens is 1.